The molecule has 0 atom stereocenters. The summed E-state index contributed by atoms with van der Waals surface area (Å²) in [7, 11) is 0. The zero-order valence-electron chi connectivity index (χ0n) is 10.3. The van der Waals surface area contributed by atoms with Gasteiger partial charge in [0.15, 0.2) is 0 Å². The Hall–Kier alpha value is -2.53. The Labute approximate surface area is 120 Å². The number of hydrogen-bond donors (Lipinski definition) is 2. The van der Waals surface area contributed by atoms with Crippen LogP contribution in [0.3, 0.4) is 0 Å². The maximum absolute atomic E-state index is 12.0. The van der Waals surface area contributed by atoms with Crippen LogP contribution in [0.4, 0.5) is 10.5 Å². The van der Waals surface area contributed by atoms with Gasteiger partial charge in [-0.15, -0.1) is 0 Å². The van der Waals surface area contributed by atoms with Crippen molar-refractivity contribution in [2.45, 2.75) is 0 Å². The summed E-state index contributed by atoms with van der Waals surface area (Å²) in [6.45, 7) is 0. The third kappa shape index (κ3) is 3.73. The number of hydrogen-bond acceptors (Lipinski definition) is 3. The van der Waals surface area contributed by atoms with Crippen molar-refractivity contribution in [3.8, 4) is 5.75 Å². The van der Waals surface area contributed by atoms with Gasteiger partial charge >= 0.3 is 6.09 Å². The van der Waals surface area contributed by atoms with Crippen LogP contribution in [0.15, 0.2) is 48.5 Å². The van der Waals surface area contributed by atoms with Gasteiger partial charge in [-0.25, -0.2) is 4.79 Å². The molecule has 2 rings (SSSR count). The van der Waals surface area contributed by atoms with Gasteiger partial charge in [0.05, 0.1) is 0 Å². The number of amides is 2. The minimum atomic E-state index is -0.888. The molecular weight excluding hydrogens is 280 g/mol. The molecule has 102 valence electrons. The molecule has 2 aromatic carbocycles. The monoisotopic (exact) mass is 290 g/mol. The van der Waals surface area contributed by atoms with E-state index in [1.165, 1.54) is 12.1 Å². The molecule has 0 aliphatic rings. The number of nitrogens with one attached hydrogen (secondary N) is 1. The molecule has 0 saturated carbocycles. The number of nitrogens with two attached hydrogens (primary N) is 1. The molecular formula is C14H11ClN2O3. The number of ether oxygens (including phenoxy) is 1. The molecule has 0 aromatic heterocycles. The van der Waals surface area contributed by atoms with E-state index in [-0.39, 0.29) is 5.91 Å². The summed E-state index contributed by atoms with van der Waals surface area (Å²) in [5, 5.41) is 3.19. The van der Waals surface area contributed by atoms with Gasteiger partial charge in [0.1, 0.15) is 5.75 Å². The maximum atomic E-state index is 12.0. The average molecular weight is 291 g/mol. The fraction of sp³-hybridized carbons (Fsp3) is 0. The van der Waals surface area contributed by atoms with Crippen molar-refractivity contribution in [1.29, 1.82) is 0 Å². The van der Waals surface area contributed by atoms with Crippen molar-refractivity contribution in [3.05, 3.63) is 59.1 Å². The summed E-state index contributed by atoms with van der Waals surface area (Å²) in [5.41, 5.74) is 5.91. The first-order valence-electron chi connectivity index (χ1n) is 5.69. The van der Waals surface area contributed by atoms with Gasteiger partial charge in [0, 0.05) is 16.3 Å². The largest absolute Gasteiger partial charge is 0.411 e. The quantitative estimate of drug-likeness (QED) is 0.911. The minimum Gasteiger partial charge on any atom is -0.411 e. The zero-order valence-corrected chi connectivity index (χ0v) is 11.1. The van der Waals surface area contributed by atoms with E-state index in [1.54, 1.807) is 36.4 Å². The molecule has 0 bridgehead atoms. The van der Waals surface area contributed by atoms with Crippen molar-refractivity contribution in [2.75, 3.05) is 5.32 Å². The van der Waals surface area contributed by atoms with E-state index < -0.39 is 6.09 Å². The van der Waals surface area contributed by atoms with E-state index >= 15 is 0 Å². The number of benzene rings is 2. The molecule has 0 spiro atoms. The van der Waals surface area contributed by atoms with E-state index in [0.717, 1.165) is 0 Å². The Morgan fingerprint density at radius 3 is 2.40 bits per heavy atom. The summed E-state index contributed by atoms with van der Waals surface area (Å²) in [5.74, 6) is 0.0225. The van der Waals surface area contributed by atoms with Gasteiger partial charge < -0.3 is 15.8 Å². The number of carbonyl (C=O) groups excluding carboxylic acids is 2. The van der Waals surface area contributed by atoms with Crippen molar-refractivity contribution < 1.29 is 14.3 Å². The molecule has 0 heterocycles. The van der Waals surface area contributed by atoms with E-state index in [4.69, 9.17) is 17.3 Å². The fourth-order valence-corrected chi connectivity index (χ4v) is 1.75. The summed E-state index contributed by atoms with van der Waals surface area (Å²) >= 11 is 5.82. The second-order valence-corrected chi connectivity index (χ2v) is 4.35. The van der Waals surface area contributed by atoms with Crippen LogP contribution >= 0.6 is 11.6 Å². The smallest absolute Gasteiger partial charge is 0.409 e. The van der Waals surface area contributed by atoms with Gasteiger partial charge in [-0.2, -0.15) is 0 Å². The first-order valence-corrected chi connectivity index (χ1v) is 6.06. The first kappa shape index (κ1) is 13.9. The van der Waals surface area contributed by atoms with Gasteiger partial charge in [0.25, 0.3) is 5.91 Å². The van der Waals surface area contributed by atoms with Crippen molar-refractivity contribution in [3.63, 3.8) is 0 Å². The molecule has 2 amide bonds. The Morgan fingerprint density at radius 2 is 1.80 bits per heavy atom. The lowest BCUT2D eigenvalue weighted by Gasteiger charge is -2.06. The molecule has 0 aliphatic carbocycles. The van der Waals surface area contributed by atoms with Crippen LogP contribution in [-0.4, -0.2) is 12.0 Å². The third-order valence-electron chi connectivity index (χ3n) is 2.42. The lowest BCUT2D eigenvalue weighted by atomic mass is 10.2. The SMILES string of the molecule is NC(=O)Oc1ccc(NC(=O)c2cccc(Cl)c2)cc1. The van der Waals surface area contributed by atoms with Gasteiger partial charge in [-0.1, -0.05) is 17.7 Å². The Morgan fingerprint density at radius 1 is 1.10 bits per heavy atom. The van der Waals surface area contributed by atoms with Gasteiger partial charge in [-0.05, 0) is 42.5 Å². The summed E-state index contributed by atoms with van der Waals surface area (Å²) in [4.78, 5) is 22.5. The molecule has 0 radical (unpaired) electrons. The maximum Gasteiger partial charge on any atom is 0.409 e. The standard InChI is InChI=1S/C14H11ClN2O3/c15-10-3-1-2-9(8-10)13(18)17-11-4-6-12(7-5-11)20-14(16)19/h1-8H,(H2,16,19)(H,17,18). The topological polar surface area (TPSA) is 81.4 Å². The van der Waals surface area contributed by atoms with Crippen LogP contribution in [0, 0.1) is 0 Å². The summed E-state index contributed by atoms with van der Waals surface area (Å²) in [6.07, 6.45) is -0.888. The Kier molecular flexibility index (Phi) is 4.22. The number of rotatable bonds is 3. The molecule has 3 N–H and O–H groups in total. The highest BCUT2D eigenvalue weighted by atomic mass is 35.5. The highest BCUT2D eigenvalue weighted by molar-refractivity contribution is 6.31. The predicted octanol–water partition coefficient (Wildman–Crippen LogP) is 3.05. The molecule has 0 saturated heterocycles. The highest BCUT2D eigenvalue weighted by Gasteiger charge is 2.06. The molecule has 20 heavy (non-hydrogen) atoms. The molecule has 0 unspecified atom stereocenters. The van der Waals surface area contributed by atoms with E-state index in [9.17, 15) is 9.59 Å². The Balaban J connectivity index is 2.06. The van der Waals surface area contributed by atoms with E-state index in [2.05, 4.69) is 10.1 Å². The Bertz CT molecular complexity index is 641. The number of primary amides is 1. The lowest BCUT2D eigenvalue weighted by Crippen LogP contribution is -2.16. The molecule has 0 aliphatic heterocycles. The lowest BCUT2D eigenvalue weighted by molar-refractivity contribution is 0.102. The molecule has 0 fully saturated rings. The van der Waals surface area contributed by atoms with Crippen molar-refractivity contribution in [1.82, 2.24) is 0 Å². The second kappa shape index (κ2) is 6.08. The van der Waals surface area contributed by atoms with Crippen LogP contribution in [0.25, 0.3) is 0 Å². The summed E-state index contributed by atoms with van der Waals surface area (Å²) in [6, 6.07) is 12.9. The van der Waals surface area contributed by atoms with Gasteiger partial charge in [0.2, 0.25) is 0 Å². The predicted molar refractivity (Wildman–Crippen MR) is 76.1 cm³/mol. The second-order valence-electron chi connectivity index (χ2n) is 3.91. The van der Waals surface area contributed by atoms with Gasteiger partial charge in [-0.3, -0.25) is 4.79 Å². The van der Waals surface area contributed by atoms with Crippen LogP contribution in [0.2, 0.25) is 5.02 Å². The fourth-order valence-electron chi connectivity index (χ4n) is 1.56. The number of anilines is 1. The van der Waals surface area contributed by atoms with E-state index in [1.807, 2.05) is 0 Å². The average Bonchev–Trinajstić information content (AvgIpc) is 2.40. The van der Waals surface area contributed by atoms with Crippen molar-refractivity contribution >= 4 is 29.3 Å². The minimum absolute atomic E-state index is 0.281. The van der Waals surface area contributed by atoms with Crippen LogP contribution in [0.5, 0.6) is 5.75 Å². The number of carbonyl (C=O) groups is 2. The number of halogens is 1. The first-order chi connectivity index (χ1) is 9.54. The third-order valence-corrected chi connectivity index (χ3v) is 2.65. The molecule has 2 aromatic rings. The van der Waals surface area contributed by atoms with E-state index in [0.29, 0.717) is 22.0 Å². The normalized spacial score (nSPS) is 9.85. The van der Waals surface area contributed by atoms with Crippen LogP contribution in [-0.2, 0) is 0 Å². The highest BCUT2D eigenvalue weighted by Crippen LogP contribution is 2.17. The molecule has 6 heteroatoms. The van der Waals surface area contributed by atoms with Crippen molar-refractivity contribution in [2.24, 2.45) is 5.73 Å². The zero-order chi connectivity index (χ0) is 14.5. The van der Waals surface area contributed by atoms with Crippen LogP contribution in [0.1, 0.15) is 10.4 Å². The summed E-state index contributed by atoms with van der Waals surface area (Å²) < 4.78 is 4.68. The molecule has 5 nitrogen and oxygen atoms in total. The van der Waals surface area contributed by atoms with Crippen LogP contribution < -0.4 is 15.8 Å².